The molecule has 3 heterocycles. The van der Waals surface area contributed by atoms with Crippen LogP contribution in [-0.4, -0.2) is 74.1 Å². The molecule has 5 aliphatic rings. The van der Waals surface area contributed by atoms with Crippen LogP contribution in [0.4, 0.5) is 10.5 Å². The first-order valence-corrected chi connectivity index (χ1v) is 19.7. The molecule has 3 aliphatic heterocycles. The van der Waals surface area contributed by atoms with Crippen LogP contribution in [0.1, 0.15) is 66.9 Å². The number of urea groups is 1. The maximum atomic E-state index is 14.4. The van der Waals surface area contributed by atoms with Gasteiger partial charge in [0.1, 0.15) is 15.7 Å². The van der Waals surface area contributed by atoms with E-state index in [-0.39, 0.29) is 29.2 Å². The zero-order valence-electron chi connectivity index (χ0n) is 28.3. The Morgan fingerprint density at radius 1 is 1.18 bits per heavy atom. The Bertz CT molecular complexity index is 1740. The molecule has 3 amide bonds. The van der Waals surface area contributed by atoms with Gasteiger partial charge >= 0.3 is 6.03 Å². The van der Waals surface area contributed by atoms with Gasteiger partial charge in [0.2, 0.25) is 0 Å². The lowest BCUT2D eigenvalue weighted by Crippen LogP contribution is -2.49. The zero-order chi connectivity index (χ0) is 34.2. The van der Waals surface area contributed by atoms with E-state index in [1.54, 1.807) is 13.2 Å². The Balaban J connectivity index is 1.28. The summed E-state index contributed by atoms with van der Waals surface area (Å²) in [4.78, 5) is 29.3. The summed E-state index contributed by atoms with van der Waals surface area (Å²) in [7, 11) is -1.72. The van der Waals surface area contributed by atoms with Crippen LogP contribution in [-0.2, 0) is 31.2 Å². The number of hydrogen-bond donors (Lipinski definition) is 2. The molecule has 1 spiro atoms. The van der Waals surface area contributed by atoms with E-state index in [1.807, 2.05) is 25.1 Å². The van der Waals surface area contributed by atoms with Crippen molar-refractivity contribution in [2.24, 2.45) is 22.1 Å². The Morgan fingerprint density at radius 2 is 2.06 bits per heavy atom. The molecule has 2 aromatic carbocycles. The van der Waals surface area contributed by atoms with Gasteiger partial charge < -0.3 is 24.4 Å². The number of methoxy groups -OCH3 is 1. The summed E-state index contributed by atoms with van der Waals surface area (Å²) < 4.78 is 39.2. The van der Waals surface area contributed by atoms with Crippen LogP contribution in [0.15, 0.2) is 52.9 Å². The van der Waals surface area contributed by atoms with E-state index in [9.17, 15) is 13.8 Å². The number of fused-ring (bicyclic) bond motifs is 4. The van der Waals surface area contributed by atoms with Crippen LogP contribution < -0.4 is 19.7 Å². The molecular weight excluding hydrogens is 664 g/mol. The normalized spacial score (nSPS) is 33.6. The highest BCUT2D eigenvalue weighted by molar-refractivity contribution is 7.92. The van der Waals surface area contributed by atoms with E-state index < -0.39 is 21.9 Å². The molecule has 1 saturated carbocycles. The Hall–Kier alpha value is -3.12. The third kappa shape index (κ3) is 7.36. The van der Waals surface area contributed by atoms with E-state index in [4.69, 9.17) is 25.8 Å². The van der Waals surface area contributed by atoms with Crippen molar-refractivity contribution in [3.63, 3.8) is 0 Å². The predicted molar refractivity (Wildman–Crippen MR) is 191 cm³/mol. The fraction of sp³-hybridized carbons (Fsp3) is 0.568. The van der Waals surface area contributed by atoms with Crippen molar-refractivity contribution in [1.29, 1.82) is 0 Å². The van der Waals surface area contributed by atoms with Gasteiger partial charge in [-0.3, -0.25) is 9.52 Å². The summed E-state index contributed by atoms with van der Waals surface area (Å²) in [6.45, 7) is 4.92. The number of nitrogens with zero attached hydrogens (tertiary/aromatic N) is 2. The van der Waals surface area contributed by atoms with Crippen LogP contribution >= 0.6 is 11.6 Å². The summed E-state index contributed by atoms with van der Waals surface area (Å²) >= 11 is 6.45. The maximum absolute atomic E-state index is 14.4. The molecule has 264 valence electrons. The van der Waals surface area contributed by atoms with Gasteiger partial charge in [-0.05, 0) is 104 Å². The second kappa shape index (κ2) is 14.2. The summed E-state index contributed by atoms with van der Waals surface area (Å²) in [5.74, 6) is 0.711. The molecule has 10 nitrogen and oxygen atoms in total. The van der Waals surface area contributed by atoms with Crippen molar-refractivity contribution in [3.05, 3.63) is 70.3 Å². The van der Waals surface area contributed by atoms with Gasteiger partial charge in [0, 0.05) is 42.8 Å². The highest BCUT2D eigenvalue weighted by Gasteiger charge is 2.44. The molecule has 1 unspecified atom stereocenters. The molecule has 1 saturated heterocycles. The third-order valence-electron chi connectivity index (χ3n) is 11.0. The number of hydrogen-bond acceptors (Lipinski definition) is 7. The quantitative estimate of drug-likeness (QED) is 0.372. The van der Waals surface area contributed by atoms with Gasteiger partial charge in [0.25, 0.3) is 5.91 Å². The monoisotopic (exact) mass is 710 g/mol. The van der Waals surface area contributed by atoms with Gasteiger partial charge in [0.05, 0.1) is 36.8 Å². The van der Waals surface area contributed by atoms with Crippen molar-refractivity contribution >= 4 is 39.1 Å². The lowest BCUT2D eigenvalue weighted by atomic mass is 9.68. The lowest BCUT2D eigenvalue weighted by Gasteiger charge is -2.46. The van der Waals surface area contributed by atoms with Crippen molar-refractivity contribution in [2.45, 2.75) is 69.4 Å². The van der Waals surface area contributed by atoms with Crippen molar-refractivity contribution < 1.29 is 28.0 Å². The molecule has 2 bridgehead atoms. The minimum atomic E-state index is -3.48. The number of nitrogens with one attached hydrogen (secondary N) is 2. The highest BCUT2D eigenvalue weighted by atomic mass is 35.5. The van der Waals surface area contributed by atoms with Gasteiger partial charge in [-0.2, -0.15) is 0 Å². The average Bonchev–Trinajstić information content (AvgIpc) is 3.51. The molecule has 49 heavy (non-hydrogen) atoms. The second-order valence-electron chi connectivity index (χ2n) is 14.6. The van der Waals surface area contributed by atoms with Crippen molar-refractivity contribution in [2.75, 3.05) is 50.7 Å². The molecule has 7 atom stereocenters. The van der Waals surface area contributed by atoms with Crippen LogP contribution in [0, 0.1) is 17.8 Å². The van der Waals surface area contributed by atoms with E-state index in [1.165, 1.54) is 11.1 Å². The van der Waals surface area contributed by atoms with E-state index >= 15 is 0 Å². The number of ether oxygens (including phenoxy) is 3. The minimum Gasteiger partial charge on any atom is -0.490 e. The van der Waals surface area contributed by atoms with Gasteiger partial charge in [0.15, 0.2) is 0 Å². The smallest absolute Gasteiger partial charge is 0.327 e. The van der Waals surface area contributed by atoms with Gasteiger partial charge in [-0.1, -0.05) is 36.7 Å². The topological polar surface area (TPSA) is 119 Å². The minimum absolute atomic E-state index is 0.0213. The predicted octanol–water partition coefficient (Wildman–Crippen LogP) is 6.06. The van der Waals surface area contributed by atoms with Gasteiger partial charge in [-0.15, -0.1) is 4.36 Å². The molecule has 7 rings (SSSR count). The molecule has 0 aromatic heterocycles. The van der Waals surface area contributed by atoms with Crippen molar-refractivity contribution in [1.82, 2.24) is 10.0 Å². The largest absolute Gasteiger partial charge is 0.490 e. The highest BCUT2D eigenvalue weighted by Crippen LogP contribution is 2.47. The number of anilines is 1. The number of allylic oxidation sites excluding steroid dienone is 1. The number of rotatable bonds is 3. The fourth-order valence-electron chi connectivity index (χ4n) is 8.38. The number of halogens is 1. The zero-order valence-corrected chi connectivity index (χ0v) is 29.9. The molecular formula is C37H47ClN4O6S. The Labute approximate surface area is 294 Å². The lowest BCUT2D eigenvalue weighted by molar-refractivity contribution is 0.0131. The molecule has 0 radical (unpaired) electrons. The first-order chi connectivity index (χ1) is 23.6. The molecule has 2 aromatic rings. The first kappa shape index (κ1) is 34.3. The molecule has 2 N–H and O–H groups in total. The summed E-state index contributed by atoms with van der Waals surface area (Å²) in [5, 5.41) is 3.57. The number of aryl methyl sites for hydroxylation is 1. The van der Waals surface area contributed by atoms with E-state index in [0.29, 0.717) is 55.8 Å². The summed E-state index contributed by atoms with van der Waals surface area (Å²) in [6.07, 6.45) is 10.6. The standard InChI is InChI=1S/C37H47ClN4O6S/c1-24-5-3-7-33(46-2)30-11-8-27(30)19-42-22-37(15-4-6-25-17-28(38)10-12-31(25)37)23-48-34-13-9-26(18-32(34)42)35(43)40-49(45,21-24)41-36(44)39-29-14-16-47-20-29/h3,7,9-10,12-13,17-18,24,27,29-30,33H,4-6,8,11,14-16,19-23H2,1-2H3,(H2,39,40,41,43,44,45)/b7-3-/t24-,27-,29+,30+,33-,37-,49?/m0/s1. The molecule has 2 fully saturated rings. The number of carbonyl (C=O) groups is 2. The summed E-state index contributed by atoms with van der Waals surface area (Å²) in [6, 6.07) is 10.8. The number of benzene rings is 2. The Morgan fingerprint density at radius 3 is 2.84 bits per heavy atom. The Kier molecular flexibility index (Phi) is 9.98. The van der Waals surface area contributed by atoms with E-state index in [0.717, 1.165) is 55.9 Å². The van der Waals surface area contributed by atoms with Crippen LogP contribution in [0.5, 0.6) is 5.75 Å². The average molecular weight is 711 g/mol. The van der Waals surface area contributed by atoms with Gasteiger partial charge in [-0.25, -0.2) is 9.00 Å². The number of amides is 3. The molecule has 12 heteroatoms. The van der Waals surface area contributed by atoms with Crippen molar-refractivity contribution in [3.8, 4) is 5.75 Å². The van der Waals surface area contributed by atoms with Crippen LogP contribution in [0.25, 0.3) is 0 Å². The first-order valence-electron chi connectivity index (χ1n) is 17.6. The third-order valence-corrected chi connectivity index (χ3v) is 13.3. The van der Waals surface area contributed by atoms with Crippen LogP contribution in [0.3, 0.4) is 0 Å². The van der Waals surface area contributed by atoms with E-state index in [2.05, 4.69) is 43.6 Å². The maximum Gasteiger partial charge on any atom is 0.327 e. The number of carbonyl (C=O) groups excluding carboxylic acids is 2. The van der Waals surface area contributed by atoms with Crippen LogP contribution in [0.2, 0.25) is 5.02 Å². The fourth-order valence-corrected chi connectivity index (χ4v) is 10.4. The SMILES string of the molecule is CO[C@H]1/C=C\C[C@H](C)CS(=O)(NC(=O)N[C@@H]2CCOC2)=NC(=O)c2ccc3c(c2)N(C[C@@H]2CC[C@H]21)C[C@@]1(CCCc2cc(Cl)ccc21)CO3. The summed E-state index contributed by atoms with van der Waals surface area (Å²) in [5.41, 5.74) is 3.42. The second-order valence-corrected chi connectivity index (χ2v) is 17.0. The molecule has 2 aliphatic carbocycles.